The number of alkyl halides is 4. The van der Waals surface area contributed by atoms with Crippen LogP contribution in [0.4, 0.5) is 17.6 Å². The Morgan fingerprint density at radius 2 is 1.77 bits per heavy atom. The molecule has 0 aromatic carbocycles. The summed E-state index contributed by atoms with van der Waals surface area (Å²) in [6, 6.07) is -0.338. The maximum atomic E-state index is 12.9. The number of hydrogen-bond acceptors (Lipinski definition) is 1. The molecule has 0 aromatic heterocycles. The standard InChI is InChI=1S/C8H13F4N/c1-13-7-3-5(8(10,11)12)2-6(9)4-7/h5-7,13H,2-4H2,1H3. The second-order valence-corrected chi connectivity index (χ2v) is 3.53. The van der Waals surface area contributed by atoms with Gasteiger partial charge in [-0.1, -0.05) is 0 Å². The Bertz CT molecular complexity index is 168. The zero-order valence-electron chi connectivity index (χ0n) is 7.37. The van der Waals surface area contributed by atoms with Crippen molar-refractivity contribution in [1.82, 2.24) is 5.32 Å². The summed E-state index contributed by atoms with van der Waals surface area (Å²) in [5.41, 5.74) is 0. The molecule has 1 aliphatic carbocycles. The van der Waals surface area contributed by atoms with Crippen molar-refractivity contribution in [3.05, 3.63) is 0 Å². The second-order valence-electron chi connectivity index (χ2n) is 3.53. The number of hydrogen-bond donors (Lipinski definition) is 1. The molecule has 0 saturated heterocycles. The largest absolute Gasteiger partial charge is 0.391 e. The van der Waals surface area contributed by atoms with Gasteiger partial charge >= 0.3 is 6.18 Å². The lowest BCUT2D eigenvalue weighted by Crippen LogP contribution is -2.41. The zero-order valence-corrected chi connectivity index (χ0v) is 7.37. The van der Waals surface area contributed by atoms with Gasteiger partial charge in [-0.05, 0) is 26.3 Å². The average Bonchev–Trinajstić information content (AvgIpc) is 2.01. The molecule has 1 nitrogen and oxygen atoms in total. The Kier molecular flexibility index (Phi) is 3.16. The Hall–Kier alpha value is -0.320. The van der Waals surface area contributed by atoms with Crippen molar-refractivity contribution in [2.75, 3.05) is 7.05 Å². The van der Waals surface area contributed by atoms with Gasteiger partial charge in [0.05, 0.1) is 5.92 Å². The molecule has 0 radical (unpaired) electrons. The van der Waals surface area contributed by atoms with E-state index < -0.39 is 18.3 Å². The molecule has 3 atom stereocenters. The molecule has 1 N–H and O–H groups in total. The van der Waals surface area contributed by atoms with Crippen LogP contribution in [0.5, 0.6) is 0 Å². The molecule has 1 rings (SSSR count). The van der Waals surface area contributed by atoms with Crippen LogP contribution in [-0.2, 0) is 0 Å². The molecular weight excluding hydrogens is 186 g/mol. The van der Waals surface area contributed by atoms with Crippen LogP contribution in [0.2, 0.25) is 0 Å². The van der Waals surface area contributed by atoms with E-state index >= 15 is 0 Å². The molecule has 0 aromatic rings. The van der Waals surface area contributed by atoms with E-state index in [1.165, 1.54) is 0 Å². The molecule has 0 bridgehead atoms. The summed E-state index contributed by atoms with van der Waals surface area (Å²) in [5, 5.41) is 2.70. The van der Waals surface area contributed by atoms with Gasteiger partial charge in [0.25, 0.3) is 0 Å². The summed E-state index contributed by atoms with van der Waals surface area (Å²) in [4.78, 5) is 0. The molecule has 1 aliphatic rings. The second kappa shape index (κ2) is 3.82. The minimum Gasteiger partial charge on any atom is -0.317 e. The molecule has 1 saturated carbocycles. The fourth-order valence-corrected chi connectivity index (χ4v) is 1.75. The Morgan fingerprint density at radius 1 is 1.15 bits per heavy atom. The predicted octanol–water partition coefficient (Wildman–Crippen LogP) is 2.27. The first-order valence-electron chi connectivity index (χ1n) is 4.31. The van der Waals surface area contributed by atoms with E-state index in [0.29, 0.717) is 0 Å². The van der Waals surface area contributed by atoms with Gasteiger partial charge in [0, 0.05) is 6.04 Å². The topological polar surface area (TPSA) is 12.0 Å². The molecule has 3 unspecified atom stereocenters. The van der Waals surface area contributed by atoms with Gasteiger partial charge in [0.2, 0.25) is 0 Å². The van der Waals surface area contributed by atoms with Crippen molar-refractivity contribution >= 4 is 0 Å². The maximum absolute atomic E-state index is 12.9. The van der Waals surface area contributed by atoms with Gasteiger partial charge in [-0.2, -0.15) is 13.2 Å². The molecular formula is C8H13F4N. The molecule has 0 aliphatic heterocycles. The molecule has 5 heteroatoms. The van der Waals surface area contributed by atoms with E-state index in [1.54, 1.807) is 7.05 Å². The molecule has 1 fully saturated rings. The van der Waals surface area contributed by atoms with Crippen molar-refractivity contribution in [3.63, 3.8) is 0 Å². The Labute approximate surface area is 74.5 Å². The normalized spacial score (nSPS) is 36.2. The van der Waals surface area contributed by atoms with Gasteiger partial charge in [0.15, 0.2) is 0 Å². The van der Waals surface area contributed by atoms with Crippen LogP contribution in [-0.4, -0.2) is 25.4 Å². The Morgan fingerprint density at radius 3 is 2.23 bits per heavy atom. The van der Waals surface area contributed by atoms with Crippen LogP contribution in [0, 0.1) is 5.92 Å². The minimum atomic E-state index is -4.25. The highest BCUT2D eigenvalue weighted by atomic mass is 19.4. The van der Waals surface area contributed by atoms with Crippen LogP contribution >= 0.6 is 0 Å². The first-order valence-corrected chi connectivity index (χ1v) is 4.31. The van der Waals surface area contributed by atoms with Crippen molar-refractivity contribution in [1.29, 1.82) is 0 Å². The van der Waals surface area contributed by atoms with E-state index in [1.807, 2.05) is 0 Å². The highest BCUT2D eigenvalue weighted by Gasteiger charge is 2.44. The molecule has 0 spiro atoms. The van der Waals surface area contributed by atoms with Gasteiger partial charge in [0.1, 0.15) is 6.17 Å². The van der Waals surface area contributed by atoms with Gasteiger partial charge in [-0.3, -0.25) is 0 Å². The van der Waals surface area contributed by atoms with Crippen LogP contribution < -0.4 is 5.32 Å². The third kappa shape index (κ3) is 2.83. The van der Waals surface area contributed by atoms with E-state index in [4.69, 9.17) is 0 Å². The van der Waals surface area contributed by atoms with Crippen LogP contribution in [0.15, 0.2) is 0 Å². The van der Waals surface area contributed by atoms with Crippen LogP contribution in [0.1, 0.15) is 19.3 Å². The van der Waals surface area contributed by atoms with Crippen molar-refractivity contribution < 1.29 is 17.6 Å². The highest BCUT2D eigenvalue weighted by molar-refractivity contribution is 4.85. The summed E-state index contributed by atoms with van der Waals surface area (Å²) < 4.78 is 49.6. The lowest BCUT2D eigenvalue weighted by atomic mass is 9.84. The van der Waals surface area contributed by atoms with Gasteiger partial charge in [-0.15, -0.1) is 0 Å². The van der Waals surface area contributed by atoms with E-state index in [9.17, 15) is 17.6 Å². The molecule has 0 heterocycles. The van der Waals surface area contributed by atoms with Crippen molar-refractivity contribution in [2.45, 2.75) is 37.7 Å². The summed E-state index contributed by atoms with van der Waals surface area (Å²) in [5.74, 6) is -1.48. The summed E-state index contributed by atoms with van der Waals surface area (Å²) in [6.45, 7) is 0. The SMILES string of the molecule is CNC1CC(F)CC(C(F)(F)F)C1. The van der Waals surface area contributed by atoms with Crippen molar-refractivity contribution in [3.8, 4) is 0 Å². The Balaban J connectivity index is 2.57. The first-order chi connectivity index (χ1) is 5.93. The lowest BCUT2D eigenvalue weighted by Gasteiger charge is -2.32. The molecule has 13 heavy (non-hydrogen) atoms. The first kappa shape index (κ1) is 10.8. The minimum absolute atomic E-state index is 0.000417. The van der Waals surface area contributed by atoms with Crippen molar-refractivity contribution in [2.24, 2.45) is 5.92 Å². The van der Waals surface area contributed by atoms with Crippen LogP contribution in [0.3, 0.4) is 0 Å². The number of nitrogens with one attached hydrogen (secondary N) is 1. The summed E-state index contributed by atoms with van der Waals surface area (Å²) >= 11 is 0. The lowest BCUT2D eigenvalue weighted by molar-refractivity contribution is -0.188. The number of rotatable bonds is 1. The summed E-state index contributed by atoms with van der Waals surface area (Å²) in [7, 11) is 1.57. The number of halogens is 4. The van der Waals surface area contributed by atoms with E-state index in [2.05, 4.69) is 5.32 Å². The molecule has 78 valence electrons. The fourth-order valence-electron chi connectivity index (χ4n) is 1.75. The zero-order chi connectivity index (χ0) is 10.1. The quantitative estimate of drug-likeness (QED) is 0.639. The summed E-state index contributed by atoms with van der Waals surface area (Å²) in [6.07, 6.45) is -5.75. The van der Waals surface area contributed by atoms with E-state index in [-0.39, 0.29) is 25.3 Å². The van der Waals surface area contributed by atoms with E-state index in [0.717, 1.165) is 0 Å². The third-order valence-corrected chi connectivity index (χ3v) is 2.52. The highest BCUT2D eigenvalue weighted by Crippen LogP contribution is 2.38. The van der Waals surface area contributed by atoms with Crippen LogP contribution in [0.25, 0.3) is 0 Å². The monoisotopic (exact) mass is 199 g/mol. The smallest absolute Gasteiger partial charge is 0.317 e. The predicted molar refractivity (Wildman–Crippen MR) is 41.1 cm³/mol. The third-order valence-electron chi connectivity index (χ3n) is 2.52. The van der Waals surface area contributed by atoms with Gasteiger partial charge < -0.3 is 5.32 Å². The maximum Gasteiger partial charge on any atom is 0.391 e. The average molecular weight is 199 g/mol. The van der Waals surface area contributed by atoms with Gasteiger partial charge in [-0.25, -0.2) is 4.39 Å². The molecule has 0 amide bonds. The fraction of sp³-hybridized carbons (Fsp3) is 1.00.